The molecule has 2 rings (SSSR count). The second-order valence-corrected chi connectivity index (χ2v) is 4.53. The first-order valence-corrected chi connectivity index (χ1v) is 5.72. The van der Waals surface area contributed by atoms with Crippen LogP contribution in [0, 0.1) is 5.82 Å². The summed E-state index contributed by atoms with van der Waals surface area (Å²) in [5, 5.41) is 3.33. The Labute approximate surface area is 99.8 Å². The maximum atomic E-state index is 13.5. The highest BCUT2D eigenvalue weighted by molar-refractivity contribution is 5.94. The molecule has 1 N–H and O–H groups in total. The molecule has 1 aliphatic heterocycles. The van der Waals surface area contributed by atoms with Crippen LogP contribution in [0.1, 0.15) is 24.2 Å². The fourth-order valence-corrected chi connectivity index (χ4v) is 2.21. The van der Waals surface area contributed by atoms with Crippen molar-refractivity contribution in [2.24, 2.45) is 0 Å². The summed E-state index contributed by atoms with van der Waals surface area (Å²) in [5.41, 5.74) is 0.0984. The summed E-state index contributed by atoms with van der Waals surface area (Å²) in [6, 6.07) is 1.88. The van der Waals surface area contributed by atoms with Crippen LogP contribution >= 0.6 is 0 Å². The molecule has 0 saturated carbocycles. The first kappa shape index (κ1) is 12.0. The van der Waals surface area contributed by atoms with Crippen LogP contribution in [0.2, 0.25) is 0 Å². The van der Waals surface area contributed by atoms with Gasteiger partial charge in [-0.3, -0.25) is 9.78 Å². The Hall–Kier alpha value is -1.49. The van der Waals surface area contributed by atoms with Gasteiger partial charge in [-0.25, -0.2) is 4.39 Å². The second kappa shape index (κ2) is 4.79. The highest BCUT2D eigenvalue weighted by Crippen LogP contribution is 2.12. The van der Waals surface area contributed by atoms with E-state index in [-0.39, 0.29) is 23.6 Å². The molecule has 1 aromatic rings. The second-order valence-electron chi connectivity index (χ2n) is 4.53. The van der Waals surface area contributed by atoms with E-state index < -0.39 is 5.82 Å². The molecule has 0 radical (unpaired) electrons. The summed E-state index contributed by atoms with van der Waals surface area (Å²) in [5.74, 6) is -0.818. The van der Waals surface area contributed by atoms with Crippen LogP contribution in [-0.4, -0.2) is 41.0 Å². The number of amides is 1. The smallest absolute Gasteiger partial charge is 0.257 e. The average Bonchev–Trinajstić information content (AvgIpc) is 2.27. The Morgan fingerprint density at radius 1 is 1.47 bits per heavy atom. The summed E-state index contributed by atoms with van der Waals surface area (Å²) >= 11 is 0. The fourth-order valence-electron chi connectivity index (χ4n) is 2.21. The van der Waals surface area contributed by atoms with Crippen molar-refractivity contribution in [3.63, 3.8) is 0 Å². The van der Waals surface area contributed by atoms with Gasteiger partial charge in [-0.1, -0.05) is 0 Å². The summed E-state index contributed by atoms with van der Waals surface area (Å²) in [4.78, 5) is 17.5. The van der Waals surface area contributed by atoms with Crippen LogP contribution in [0.25, 0.3) is 0 Å². The molecule has 1 aromatic heterocycles. The van der Waals surface area contributed by atoms with E-state index in [1.807, 2.05) is 13.8 Å². The number of nitrogens with zero attached hydrogens (tertiary/aromatic N) is 2. The molecule has 4 nitrogen and oxygen atoms in total. The van der Waals surface area contributed by atoms with E-state index in [1.165, 1.54) is 12.3 Å². The van der Waals surface area contributed by atoms with Gasteiger partial charge in [0.05, 0.1) is 11.8 Å². The number of nitrogens with one attached hydrogen (secondary N) is 1. The maximum Gasteiger partial charge on any atom is 0.257 e. The van der Waals surface area contributed by atoms with Crippen molar-refractivity contribution in [1.82, 2.24) is 15.2 Å². The standard InChI is InChI=1S/C12H16FN3O/c1-8-6-16(7-9(2)15-8)12(17)10-3-4-14-5-11(10)13/h3-5,8-9,15H,6-7H2,1-2H3. The van der Waals surface area contributed by atoms with Crippen molar-refractivity contribution in [2.75, 3.05) is 13.1 Å². The number of carbonyl (C=O) groups excluding carboxylic acids is 1. The van der Waals surface area contributed by atoms with E-state index in [1.54, 1.807) is 4.90 Å². The zero-order valence-electron chi connectivity index (χ0n) is 9.98. The number of aromatic nitrogens is 1. The summed E-state index contributed by atoms with van der Waals surface area (Å²) in [7, 11) is 0. The molecule has 1 aliphatic rings. The monoisotopic (exact) mass is 237 g/mol. The molecule has 2 atom stereocenters. The molecule has 0 bridgehead atoms. The molecule has 0 aromatic carbocycles. The molecule has 2 heterocycles. The molecule has 5 heteroatoms. The van der Waals surface area contributed by atoms with Crippen LogP contribution in [-0.2, 0) is 0 Å². The molecule has 0 aliphatic carbocycles. The van der Waals surface area contributed by atoms with Gasteiger partial charge < -0.3 is 10.2 Å². The number of pyridine rings is 1. The van der Waals surface area contributed by atoms with Gasteiger partial charge in [0.15, 0.2) is 5.82 Å². The van der Waals surface area contributed by atoms with E-state index in [0.29, 0.717) is 13.1 Å². The average molecular weight is 237 g/mol. The van der Waals surface area contributed by atoms with E-state index in [9.17, 15) is 9.18 Å². The Morgan fingerprint density at radius 3 is 2.71 bits per heavy atom. The molecule has 17 heavy (non-hydrogen) atoms. The molecular formula is C12H16FN3O. The Kier molecular flexibility index (Phi) is 3.38. The van der Waals surface area contributed by atoms with Crippen LogP contribution in [0.15, 0.2) is 18.5 Å². The number of hydrogen-bond donors (Lipinski definition) is 1. The molecule has 92 valence electrons. The zero-order valence-corrected chi connectivity index (χ0v) is 9.98. The minimum atomic E-state index is -0.559. The number of hydrogen-bond acceptors (Lipinski definition) is 3. The van der Waals surface area contributed by atoms with Crippen molar-refractivity contribution >= 4 is 5.91 Å². The SMILES string of the molecule is CC1CN(C(=O)c2ccncc2F)CC(C)N1. The van der Waals surface area contributed by atoms with Gasteiger partial charge in [-0.2, -0.15) is 0 Å². The van der Waals surface area contributed by atoms with Gasteiger partial charge in [0.25, 0.3) is 5.91 Å². The quantitative estimate of drug-likeness (QED) is 0.794. The van der Waals surface area contributed by atoms with Crippen molar-refractivity contribution < 1.29 is 9.18 Å². The molecular weight excluding hydrogens is 221 g/mol. The largest absolute Gasteiger partial charge is 0.335 e. The lowest BCUT2D eigenvalue weighted by Crippen LogP contribution is -2.55. The van der Waals surface area contributed by atoms with Crippen molar-refractivity contribution in [3.05, 3.63) is 29.8 Å². The Balaban J connectivity index is 2.17. The van der Waals surface area contributed by atoms with Crippen LogP contribution in [0.4, 0.5) is 4.39 Å². The van der Waals surface area contributed by atoms with Gasteiger partial charge in [0.2, 0.25) is 0 Å². The summed E-state index contributed by atoms with van der Waals surface area (Å²) < 4.78 is 13.5. The van der Waals surface area contributed by atoms with Crippen molar-refractivity contribution in [3.8, 4) is 0 Å². The van der Waals surface area contributed by atoms with E-state index in [4.69, 9.17) is 0 Å². The van der Waals surface area contributed by atoms with E-state index in [0.717, 1.165) is 6.20 Å². The number of piperazine rings is 1. The first-order valence-electron chi connectivity index (χ1n) is 5.72. The highest BCUT2D eigenvalue weighted by Gasteiger charge is 2.26. The maximum absolute atomic E-state index is 13.5. The summed E-state index contributed by atoms with van der Waals surface area (Å²) in [6.07, 6.45) is 2.51. The van der Waals surface area contributed by atoms with Crippen LogP contribution < -0.4 is 5.32 Å². The lowest BCUT2D eigenvalue weighted by molar-refractivity contribution is 0.0669. The van der Waals surface area contributed by atoms with Gasteiger partial charge >= 0.3 is 0 Å². The first-order chi connectivity index (χ1) is 8.08. The lowest BCUT2D eigenvalue weighted by Gasteiger charge is -2.36. The Morgan fingerprint density at radius 2 is 2.12 bits per heavy atom. The Bertz CT molecular complexity index is 414. The van der Waals surface area contributed by atoms with Crippen molar-refractivity contribution in [2.45, 2.75) is 25.9 Å². The fraction of sp³-hybridized carbons (Fsp3) is 0.500. The third kappa shape index (κ3) is 2.61. The molecule has 1 amide bonds. The van der Waals surface area contributed by atoms with Gasteiger partial charge in [-0.05, 0) is 19.9 Å². The minimum absolute atomic E-state index is 0.0984. The van der Waals surface area contributed by atoms with Crippen LogP contribution in [0.3, 0.4) is 0 Å². The van der Waals surface area contributed by atoms with Crippen molar-refractivity contribution in [1.29, 1.82) is 0 Å². The van der Waals surface area contributed by atoms with E-state index in [2.05, 4.69) is 10.3 Å². The molecule has 2 unspecified atom stereocenters. The van der Waals surface area contributed by atoms with Gasteiger partial charge in [0, 0.05) is 31.4 Å². The zero-order chi connectivity index (χ0) is 12.4. The topological polar surface area (TPSA) is 45.2 Å². The predicted molar refractivity (Wildman–Crippen MR) is 62.2 cm³/mol. The highest BCUT2D eigenvalue weighted by atomic mass is 19.1. The molecule has 1 saturated heterocycles. The summed E-state index contributed by atoms with van der Waals surface area (Å²) in [6.45, 7) is 5.23. The number of carbonyl (C=O) groups is 1. The number of halogens is 1. The van der Waals surface area contributed by atoms with Crippen LogP contribution in [0.5, 0.6) is 0 Å². The van der Waals surface area contributed by atoms with Gasteiger partial charge in [-0.15, -0.1) is 0 Å². The molecule has 0 spiro atoms. The predicted octanol–water partition coefficient (Wildman–Crippen LogP) is 1.04. The molecule has 1 fully saturated rings. The third-order valence-corrected chi connectivity index (χ3v) is 2.85. The third-order valence-electron chi connectivity index (χ3n) is 2.85. The van der Waals surface area contributed by atoms with Gasteiger partial charge in [0.1, 0.15) is 0 Å². The lowest BCUT2D eigenvalue weighted by atomic mass is 10.1. The normalized spacial score (nSPS) is 24.8. The minimum Gasteiger partial charge on any atom is -0.335 e. The number of rotatable bonds is 1. The van der Waals surface area contributed by atoms with E-state index >= 15 is 0 Å².